The number of carbonyl (C=O) groups excluding carboxylic acids is 2. The van der Waals surface area contributed by atoms with E-state index in [1.807, 2.05) is 20.8 Å². The molecule has 110 valence electrons. The molecule has 19 heavy (non-hydrogen) atoms. The Bertz CT molecular complexity index is 334. The molecule has 0 rings (SSSR count). The summed E-state index contributed by atoms with van der Waals surface area (Å²) in [5, 5.41) is 13.8. The van der Waals surface area contributed by atoms with Crippen molar-refractivity contribution < 1.29 is 19.5 Å². The van der Waals surface area contributed by atoms with Crippen LogP contribution < -0.4 is 10.6 Å². The van der Waals surface area contributed by atoms with E-state index in [1.54, 1.807) is 6.92 Å². The Morgan fingerprint density at radius 1 is 1.11 bits per heavy atom. The van der Waals surface area contributed by atoms with Crippen LogP contribution in [-0.4, -0.2) is 34.5 Å². The molecule has 6 heteroatoms. The zero-order valence-electron chi connectivity index (χ0n) is 12.1. The second kappa shape index (κ2) is 7.76. The van der Waals surface area contributed by atoms with Crippen molar-refractivity contribution in [3.63, 3.8) is 0 Å². The molecule has 0 saturated heterocycles. The molecular weight excluding hydrogens is 248 g/mol. The van der Waals surface area contributed by atoms with E-state index in [-0.39, 0.29) is 30.2 Å². The molecule has 0 aliphatic rings. The number of hydrogen-bond donors (Lipinski definition) is 3. The van der Waals surface area contributed by atoms with Crippen molar-refractivity contribution in [3.05, 3.63) is 0 Å². The van der Waals surface area contributed by atoms with Gasteiger partial charge in [-0.3, -0.25) is 14.4 Å². The lowest BCUT2D eigenvalue weighted by Crippen LogP contribution is -2.50. The average Bonchev–Trinajstić information content (AvgIpc) is 2.21. The van der Waals surface area contributed by atoms with Crippen LogP contribution in [-0.2, 0) is 14.4 Å². The minimum Gasteiger partial charge on any atom is -0.481 e. The predicted octanol–water partition coefficient (Wildman–Crippen LogP) is 1.05. The van der Waals surface area contributed by atoms with Crippen LogP contribution in [0.25, 0.3) is 0 Å². The first-order chi connectivity index (χ1) is 8.61. The lowest BCUT2D eigenvalue weighted by atomic mass is 10.1. The van der Waals surface area contributed by atoms with E-state index in [0.29, 0.717) is 12.8 Å². The van der Waals surface area contributed by atoms with E-state index in [9.17, 15) is 14.4 Å². The van der Waals surface area contributed by atoms with Crippen molar-refractivity contribution in [1.29, 1.82) is 0 Å². The molecule has 1 unspecified atom stereocenters. The van der Waals surface area contributed by atoms with Gasteiger partial charge >= 0.3 is 5.97 Å². The van der Waals surface area contributed by atoms with Gasteiger partial charge in [-0.1, -0.05) is 0 Å². The summed E-state index contributed by atoms with van der Waals surface area (Å²) in [5.41, 5.74) is -0.336. The Labute approximate surface area is 113 Å². The number of hydrogen-bond acceptors (Lipinski definition) is 3. The molecular formula is C13H24N2O4. The number of carboxylic acid groups (broad SMARTS) is 1. The maximum atomic E-state index is 11.7. The van der Waals surface area contributed by atoms with Gasteiger partial charge in [0.25, 0.3) is 0 Å². The number of aliphatic carboxylic acids is 1. The standard InChI is InChI=1S/C13H24N2O4/c1-9(12(19)15-13(2,3)4)14-10(16)7-5-6-8-11(17)18/h9H,5-8H2,1-4H3,(H,14,16)(H,15,19)(H,17,18). The zero-order chi connectivity index (χ0) is 15.1. The number of rotatable bonds is 7. The third-order valence-electron chi connectivity index (χ3n) is 2.31. The van der Waals surface area contributed by atoms with Crippen molar-refractivity contribution in [2.75, 3.05) is 0 Å². The van der Waals surface area contributed by atoms with Crippen molar-refractivity contribution in [2.45, 2.75) is 65.0 Å². The first-order valence-corrected chi connectivity index (χ1v) is 6.45. The maximum absolute atomic E-state index is 11.7. The molecule has 1 atom stereocenters. The first kappa shape index (κ1) is 17.4. The van der Waals surface area contributed by atoms with Gasteiger partial charge in [0.15, 0.2) is 0 Å². The van der Waals surface area contributed by atoms with E-state index < -0.39 is 12.0 Å². The molecule has 0 radical (unpaired) electrons. The summed E-state index contributed by atoms with van der Waals surface area (Å²) >= 11 is 0. The molecule has 0 heterocycles. The molecule has 0 aromatic rings. The zero-order valence-corrected chi connectivity index (χ0v) is 12.1. The second-order valence-electron chi connectivity index (χ2n) is 5.63. The van der Waals surface area contributed by atoms with Crippen molar-refractivity contribution in [1.82, 2.24) is 10.6 Å². The fourth-order valence-electron chi connectivity index (χ4n) is 1.42. The Morgan fingerprint density at radius 2 is 1.63 bits per heavy atom. The summed E-state index contributed by atoms with van der Waals surface area (Å²) in [5.74, 6) is -1.33. The topological polar surface area (TPSA) is 95.5 Å². The summed E-state index contributed by atoms with van der Waals surface area (Å²) in [4.78, 5) is 33.5. The molecule has 0 aliphatic carbocycles. The second-order valence-corrected chi connectivity index (χ2v) is 5.63. The minimum absolute atomic E-state index is 0.0628. The van der Waals surface area contributed by atoms with Crippen LogP contribution in [0, 0.1) is 0 Å². The minimum atomic E-state index is -0.863. The monoisotopic (exact) mass is 272 g/mol. The molecule has 0 aromatic carbocycles. The number of carbonyl (C=O) groups is 3. The number of carboxylic acids is 1. The summed E-state index contributed by atoms with van der Waals surface area (Å²) in [6.07, 6.45) is 1.27. The number of unbranched alkanes of at least 4 members (excludes halogenated alkanes) is 1. The summed E-state index contributed by atoms with van der Waals surface area (Å²) < 4.78 is 0. The summed E-state index contributed by atoms with van der Waals surface area (Å²) in [6, 6.07) is -0.591. The quantitative estimate of drug-likeness (QED) is 0.604. The Morgan fingerprint density at radius 3 is 2.11 bits per heavy atom. The van der Waals surface area contributed by atoms with Gasteiger partial charge in [-0.05, 0) is 40.5 Å². The predicted molar refractivity (Wildman–Crippen MR) is 71.6 cm³/mol. The lowest BCUT2D eigenvalue weighted by Gasteiger charge is -2.23. The molecule has 0 bridgehead atoms. The van der Waals surface area contributed by atoms with Crippen LogP contribution >= 0.6 is 0 Å². The van der Waals surface area contributed by atoms with E-state index in [0.717, 1.165) is 0 Å². The highest BCUT2D eigenvalue weighted by molar-refractivity contribution is 5.87. The summed E-state index contributed by atoms with van der Waals surface area (Å²) in [6.45, 7) is 7.22. The van der Waals surface area contributed by atoms with Gasteiger partial charge in [0.1, 0.15) is 6.04 Å². The molecule has 6 nitrogen and oxygen atoms in total. The molecule has 0 saturated carbocycles. The smallest absolute Gasteiger partial charge is 0.303 e. The van der Waals surface area contributed by atoms with Crippen LogP contribution in [0.4, 0.5) is 0 Å². The van der Waals surface area contributed by atoms with Gasteiger partial charge in [-0.2, -0.15) is 0 Å². The Hall–Kier alpha value is -1.59. The maximum Gasteiger partial charge on any atom is 0.303 e. The Kier molecular flexibility index (Phi) is 7.11. The fraction of sp³-hybridized carbons (Fsp3) is 0.769. The largest absolute Gasteiger partial charge is 0.481 e. The molecule has 0 fully saturated rings. The molecule has 0 spiro atoms. The Balaban J connectivity index is 3.92. The van der Waals surface area contributed by atoms with Crippen LogP contribution in [0.2, 0.25) is 0 Å². The van der Waals surface area contributed by atoms with Gasteiger partial charge in [-0.25, -0.2) is 0 Å². The number of amides is 2. The van der Waals surface area contributed by atoms with Gasteiger partial charge in [0.2, 0.25) is 11.8 Å². The highest BCUT2D eigenvalue weighted by atomic mass is 16.4. The highest BCUT2D eigenvalue weighted by Crippen LogP contribution is 2.02. The normalized spacial score (nSPS) is 12.6. The average molecular weight is 272 g/mol. The lowest BCUT2D eigenvalue weighted by molar-refractivity contribution is -0.137. The molecule has 0 aliphatic heterocycles. The number of nitrogens with one attached hydrogen (secondary N) is 2. The van der Waals surface area contributed by atoms with Crippen LogP contribution in [0.1, 0.15) is 53.4 Å². The van der Waals surface area contributed by atoms with Crippen molar-refractivity contribution in [3.8, 4) is 0 Å². The molecule has 3 N–H and O–H groups in total. The van der Waals surface area contributed by atoms with Crippen molar-refractivity contribution >= 4 is 17.8 Å². The van der Waals surface area contributed by atoms with Gasteiger partial charge < -0.3 is 15.7 Å². The molecule has 0 aromatic heterocycles. The van der Waals surface area contributed by atoms with E-state index in [1.165, 1.54) is 0 Å². The SMILES string of the molecule is CC(NC(=O)CCCCC(=O)O)C(=O)NC(C)(C)C. The van der Waals surface area contributed by atoms with Crippen LogP contribution in [0.5, 0.6) is 0 Å². The van der Waals surface area contributed by atoms with E-state index in [2.05, 4.69) is 10.6 Å². The van der Waals surface area contributed by atoms with Crippen LogP contribution in [0.3, 0.4) is 0 Å². The van der Waals surface area contributed by atoms with Gasteiger partial charge in [0, 0.05) is 18.4 Å². The van der Waals surface area contributed by atoms with E-state index in [4.69, 9.17) is 5.11 Å². The van der Waals surface area contributed by atoms with Gasteiger partial charge in [-0.15, -0.1) is 0 Å². The third kappa shape index (κ3) is 10.1. The first-order valence-electron chi connectivity index (χ1n) is 6.45. The van der Waals surface area contributed by atoms with Gasteiger partial charge in [0.05, 0.1) is 0 Å². The van der Waals surface area contributed by atoms with E-state index >= 15 is 0 Å². The fourth-order valence-corrected chi connectivity index (χ4v) is 1.42. The summed E-state index contributed by atoms with van der Waals surface area (Å²) in [7, 11) is 0. The van der Waals surface area contributed by atoms with Crippen LogP contribution in [0.15, 0.2) is 0 Å². The highest BCUT2D eigenvalue weighted by Gasteiger charge is 2.20. The molecule has 2 amide bonds. The third-order valence-corrected chi connectivity index (χ3v) is 2.31. The van der Waals surface area contributed by atoms with Crippen molar-refractivity contribution in [2.24, 2.45) is 0 Å².